The van der Waals surface area contributed by atoms with E-state index < -0.39 is 5.82 Å². The van der Waals surface area contributed by atoms with E-state index in [4.69, 9.17) is 0 Å². The van der Waals surface area contributed by atoms with Gasteiger partial charge in [-0.25, -0.2) is 14.4 Å². The van der Waals surface area contributed by atoms with E-state index in [0.717, 1.165) is 11.1 Å². The van der Waals surface area contributed by atoms with Gasteiger partial charge in [-0.15, -0.1) is 0 Å². The van der Waals surface area contributed by atoms with Gasteiger partial charge in [0.15, 0.2) is 11.5 Å². The number of nitrogens with zero attached hydrogens (tertiary/aromatic N) is 5. The summed E-state index contributed by atoms with van der Waals surface area (Å²) in [6.07, 6.45) is 8.61. The van der Waals surface area contributed by atoms with Crippen molar-refractivity contribution in [1.29, 1.82) is 0 Å². The van der Waals surface area contributed by atoms with Crippen molar-refractivity contribution in [2.75, 3.05) is 5.32 Å². The summed E-state index contributed by atoms with van der Waals surface area (Å²) in [5.41, 5.74) is 5.03. The van der Waals surface area contributed by atoms with E-state index in [0.29, 0.717) is 51.4 Å². The van der Waals surface area contributed by atoms with E-state index >= 15 is 4.39 Å². The summed E-state index contributed by atoms with van der Waals surface area (Å²) in [4.78, 5) is 33.1. The highest BCUT2D eigenvalue weighted by atomic mass is 19.1. The first kappa shape index (κ1) is 24.4. The van der Waals surface area contributed by atoms with Gasteiger partial charge in [-0.2, -0.15) is 5.10 Å². The number of carbonyl (C=O) groups excluding carboxylic acids is 1. The second-order valence-electron chi connectivity index (χ2n) is 10.6. The van der Waals surface area contributed by atoms with Gasteiger partial charge in [-0.05, 0) is 35.7 Å². The maximum absolute atomic E-state index is 16.1. The molecule has 0 saturated carbocycles. The smallest absolute Gasteiger partial charge is 0.224 e. The Hall–Kier alpha value is -4.99. The number of fused-ring (bicyclic) bond motifs is 2. The number of rotatable bonds is 5. The third-order valence-electron chi connectivity index (χ3n) is 6.28. The Balaban J connectivity index is 1.40. The number of aromatic nitrogens is 7. The summed E-state index contributed by atoms with van der Waals surface area (Å²) < 4.78 is 16.1. The number of pyridine rings is 3. The number of aromatic amines is 2. The molecule has 9 nitrogen and oxygen atoms in total. The van der Waals surface area contributed by atoms with Crippen LogP contribution < -0.4 is 5.32 Å². The Kier molecular flexibility index (Phi) is 5.86. The van der Waals surface area contributed by atoms with Crippen LogP contribution in [0.25, 0.3) is 55.8 Å². The quantitative estimate of drug-likeness (QED) is 0.251. The molecule has 5 aromatic heterocycles. The zero-order chi connectivity index (χ0) is 27.1. The molecule has 0 saturated heterocycles. The molecular weight excluding hydrogens is 495 g/mol. The minimum Gasteiger partial charge on any atom is -0.335 e. The Bertz CT molecular complexity index is 1840. The Morgan fingerprint density at radius 3 is 2.64 bits per heavy atom. The summed E-state index contributed by atoms with van der Waals surface area (Å²) in [5, 5.41) is 10.4. The van der Waals surface area contributed by atoms with Crippen LogP contribution in [0.5, 0.6) is 0 Å². The van der Waals surface area contributed by atoms with Crippen molar-refractivity contribution in [3.8, 4) is 33.8 Å². The maximum Gasteiger partial charge on any atom is 0.224 e. The maximum atomic E-state index is 16.1. The van der Waals surface area contributed by atoms with Gasteiger partial charge in [0.1, 0.15) is 11.5 Å². The molecule has 39 heavy (non-hydrogen) atoms. The van der Waals surface area contributed by atoms with Crippen LogP contribution in [0.1, 0.15) is 27.2 Å². The molecule has 0 spiro atoms. The van der Waals surface area contributed by atoms with Crippen LogP contribution in [0, 0.1) is 11.2 Å². The van der Waals surface area contributed by atoms with Gasteiger partial charge in [0.05, 0.1) is 28.3 Å². The normalized spacial score (nSPS) is 11.8. The van der Waals surface area contributed by atoms with Crippen LogP contribution in [0.4, 0.5) is 10.1 Å². The van der Waals surface area contributed by atoms with Crippen LogP contribution in [-0.2, 0) is 4.79 Å². The third-order valence-corrected chi connectivity index (χ3v) is 6.28. The molecular formula is C29H25FN8O. The highest BCUT2D eigenvalue weighted by Gasteiger charge is 2.21. The minimum absolute atomic E-state index is 0.126. The van der Waals surface area contributed by atoms with Crippen molar-refractivity contribution in [1.82, 2.24) is 35.1 Å². The molecule has 194 valence electrons. The van der Waals surface area contributed by atoms with Gasteiger partial charge in [0, 0.05) is 53.5 Å². The largest absolute Gasteiger partial charge is 0.335 e. The number of amides is 1. The molecule has 0 radical (unpaired) electrons. The minimum atomic E-state index is -0.475. The van der Waals surface area contributed by atoms with Crippen molar-refractivity contribution in [3.05, 3.63) is 73.2 Å². The fourth-order valence-corrected chi connectivity index (χ4v) is 4.60. The van der Waals surface area contributed by atoms with Crippen molar-refractivity contribution in [3.63, 3.8) is 0 Å². The van der Waals surface area contributed by atoms with Crippen molar-refractivity contribution in [2.45, 2.75) is 27.2 Å². The molecule has 0 unspecified atom stereocenters. The summed E-state index contributed by atoms with van der Waals surface area (Å²) >= 11 is 0. The van der Waals surface area contributed by atoms with Gasteiger partial charge >= 0.3 is 0 Å². The molecule has 6 rings (SSSR count). The molecule has 0 fully saturated rings. The standard InChI is InChI=1S/C29H25FN8O/c1-29(2,3)12-22(39)34-18-11-17(14-32-15-18)19-6-7-21-23(24(19)30)26(38-37-21)28-35-25-20(8-10-33-27(25)36-28)16-5-4-9-31-13-16/h4-11,13-15H,12H2,1-3H3,(H,34,39)(H,37,38)(H,33,35,36). The lowest BCUT2D eigenvalue weighted by Gasteiger charge is -2.17. The Morgan fingerprint density at radius 2 is 1.85 bits per heavy atom. The van der Waals surface area contributed by atoms with E-state index in [2.05, 4.69) is 40.4 Å². The Morgan fingerprint density at radius 1 is 1.00 bits per heavy atom. The number of carbonyl (C=O) groups is 1. The molecule has 3 N–H and O–H groups in total. The van der Waals surface area contributed by atoms with Crippen LogP contribution >= 0.6 is 0 Å². The highest BCUT2D eigenvalue weighted by molar-refractivity contribution is 5.98. The van der Waals surface area contributed by atoms with Gasteiger partial charge in [-0.3, -0.25) is 19.9 Å². The van der Waals surface area contributed by atoms with Crippen LogP contribution in [0.2, 0.25) is 0 Å². The SMILES string of the molecule is CC(C)(C)CC(=O)Nc1cncc(-c2ccc3[nH]nc(-c4nc5nccc(-c6cccnc6)c5[nH]4)c3c2F)c1. The van der Waals surface area contributed by atoms with Gasteiger partial charge < -0.3 is 10.3 Å². The lowest BCUT2D eigenvalue weighted by atomic mass is 9.92. The fraction of sp³-hybridized carbons (Fsp3) is 0.172. The van der Waals surface area contributed by atoms with Crippen LogP contribution in [-0.4, -0.2) is 41.0 Å². The number of hydrogen-bond acceptors (Lipinski definition) is 6. The highest BCUT2D eigenvalue weighted by Crippen LogP contribution is 2.35. The number of nitrogens with one attached hydrogen (secondary N) is 3. The number of benzene rings is 1. The molecule has 1 aromatic carbocycles. The molecule has 1 amide bonds. The zero-order valence-electron chi connectivity index (χ0n) is 21.6. The summed E-state index contributed by atoms with van der Waals surface area (Å²) in [6, 6.07) is 10.8. The zero-order valence-corrected chi connectivity index (χ0v) is 21.6. The molecule has 0 bridgehead atoms. The van der Waals surface area contributed by atoms with Crippen molar-refractivity contribution < 1.29 is 9.18 Å². The van der Waals surface area contributed by atoms with Crippen molar-refractivity contribution in [2.24, 2.45) is 5.41 Å². The van der Waals surface area contributed by atoms with E-state index in [1.165, 1.54) is 0 Å². The van der Waals surface area contributed by atoms with E-state index in [1.807, 2.05) is 39.0 Å². The lowest BCUT2D eigenvalue weighted by Crippen LogP contribution is -2.19. The van der Waals surface area contributed by atoms with Crippen LogP contribution in [0.3, 0.4) is 0 Å². The van der Waals surface area contributed by atoms with Crippen LogP contribution in [0.15, 0.2) is 67.4 Å². The first-order chi connectivity index (χ1) is 18.8. The number of anilines is 1. The van der Waals surface area contributed by atoms with Gasteiger partial charge in [0.2, 0.25) is 5.91 Å². The molecule has 10 heteroatoms. The summed E-state index contributed by atoms with van der Waals surface area (Å²) in [6.45, 7) is 5.98. The average Bonchev–Trinajstić information content (AvgIpc) is 3.53. The number of H-pyrrole nitrogens is 2. The second kappa shape index (κ2) is 9.39. The summed E-state index contributed by atoms with van der Waals surface area (Å²) in [5.74, 6) is -0.215. The topological polar surface area (TPSA) is 125 Å². The van der Waals surface area contributed by atoms with E-state index in [9.17, 15) is 4.79 Å². The molecule has 6 aromatic rings. The first-order valence-corrected chi connectivity index (χ1v) is 12.4. The molecule has 0 atom stereocenters. The number of imidazole rings is 1. The molecule has 5 heterocycles. The second-order valence-corrected chi connectivity index (χ2v) is 10.6. The first-order valence-electron chi connectivity index (χ1n) is 12.4. The van der Waals surface area contributed by atoms with Crippen molar-refractivity contribution >= 4 is 33.7 Å². The fourth-order valence-electron chi connectivity index (χ4n) is 4.60. The Labute approximate surface area is 223 Å². The molecule has 0 aliphatic heterocycles. The predicted molar refractivity (Wildman–Crippen MR) is 148 cm³/mol. The molecule has 0 aliphatic rings. The number of hydrogen-bond donors (Lipinski definition) is 3. The van der Waals surface area contributed by atoms with E-state index in [-0.39, 0.29) is 16.7 Å². The monoisotopic (exact) mass is 520 g/mol. The summed E-state index contributed by atoms with van der Waals surface area (Å²) in [7, 11) is 0. The van der Waals surface area contributed by atoms with E-state index in [1.54, 1.807) is 49.2 Å². The van der Waals surface area contributed by atoms with Gasteiger partial charge in [0.25, 0.3) is 0 Å². The van der Waals surface area contributed by atoms with Gasteiger partial charge in [-0.1, -0.05) is 26.8 Å². The predicted octanol–water partition coefficient (Wildman–Crippen LogP) is 6.14. The number of halogens is 1. The molecule has 0 aliphatic carbocycles. The lowest BCUT2D eigenvalue weighted by molar-refractivity contribution is -0.117. The average molecular weight is 521 g/mol. The third kappa shape index (κ3) is 4.72.